The SMILES string of the molecule is CCNC(c1c(C)c(C)cc(C)c1C)C(C)C. The van der Waals surface area contributed by atoms with E-state index >= 15 is 0 Å². The van der Waals surface area contributed by atoms with Gasteiger partial charge in [-0.1, -0.05) is 26.8 Å². The molecule has 1 unspecified atom stereocenters. The van der Waals surface area contributed by atoms with E-state index in [1.165, 1.54) is 27.8 Å². The van der Waals surface area contributed by atoms with E-state index in [1.807, 2.05) is 0 Å². The third kappa shape index (κ3) is 2.90. The van der Waals surface area contributed by atoms with E-state index in [-0.39, 0.29) is 0 Å². The van der Waals surface area contributed by atoms with E-state index < -0.39 is 0 Å². The van der Waals surface area contributed by atoms with Crippen LogP contribution >= 0.6 is 0 Å². The Morgan fingerprint density at radius 2 is 1.47 bits per heavy atom. The van der Waals surface area contributed by atoms with Gasteiger partial charge in [-0.3, -0.25) is 0 Å². The van der Waals surface area contributed by atoms with Crippen LogP contribution in [0.4, 0.5) is 0 Å². The topological polar surface area (TPSA) is 12.0 Å². The van der Waals surface area contributed by atoms with Crippen molar-refractivity contribution in [2.75, 3.05) is 6.54 Å². The van der Waals surface area contributed by atoms with E-state index in [1.54, 1.807) is 0 Å². The van der Waals surface area contributed by atoms with Crippen molar-refractivity contribution in [1.82, 2.24) is 5.32 Å². The first-order valence-electron chi connectivity index (χ1n) is 6.70. The zero-order valence-corrected chi connectivity index (χ0v) is 12.4. The molecule has 1 nitrogen and oxygen atoms in total. The molecule has 0 aliphatic carbocycles. The molecule has 1 atom stereocenters. The first-order valence-corrected chi connectivity index (χ1v) is 6.70. The highest BCUT2D eigenvalue weighted by Gasteiger charge is 2.20. The number of hydrogen-bond acceptors (Lipinski definition) is 1. The molecule has 1 aromatic rings. The molecule has 0 spiro atoms. The molecule has 96 valence electrons. The van der Waals surface area contributed by atoms with Crippen LogP contribution in [0, 0.1) is 33.6 Å². The molecular weight excluding hydrogens is 206 g/mol. The molecule has 0 saturated carbocycles. The lowest BCUT2D eigenvalue weighted by molar-refractivity contribution is 0.418. The molecule has 0 saturated heterocycles. The van der Waals surface area contributed by atoms with Gasteiger partial charge in [-0.15, -0.1) is 0 Å². The van der Waals surface area contributed by atoms with E-state index in [0.717, 1.165) is 6.54 Å². The van der Waals surface area contributed by atoms with Gasteiger partial charge in [0.2, 0.25) is 0 Å². The number of benzene rings is 1. The third-order valence-corrected chi connectivity index (χ3v) is 3.83. The van der Waals surface area contributed by atoms with Gasteiger partial charge < -0.3 is 5.32 Å². The van der Waals surface area contributed by atoms with Crippen LogP contribution in [0.25, 0.3) is 0 Å². The van der Waals surface area contributed by atoms with Crippen LogP contribution in [0.3, 0.4) is 0 Å². The Kier molecular flexibility index (Phi) is 4.76. The molecule has 0 aliphatic rings. The van der Waals surface area contributed by atoms with Crippen molar-refractivity contribution in [3.8, 4) is 0 Å². The molecule has 0 radical (unpaired) electrons. The van der Waals surface area contributed by atoms with E-state index in [2.05, 4.69) is 59.8 Å². The summed E-state index contributed by atoms with van der Waals surface area (Å²) in [5.74, 6) is 0.619. The molecule has 1 aromatic carbocycles. The predicted molar refractivity (Wildman–Crippen MR) is 76.6 cm³/mol. The molecule has 1 rings (SSSR count). The summed E-state index contributed by atoms with van der Waals surface area (Å²) in [6.07, 6.45) is 0. The zero-order chi connectivity index (χ0) is 13.2. The minimum atomic E-state index is 0.471. The Labute approximate surface area is 107 Å². The Hall–Kier alpha value is -0.820. The van der Waals surface area contributed by atoms with Crippen LogP contribution in [-0.2, 0) is 0 Å². The summed E-state index contributed by atoms with van der Waals surface area (Å²) >= 11 is 0. The highest BCUT2D eigenvalue weighted by Crippen LogP contribution is 2.31. The van der Waals surface area contributed by atoms with Crippen molar-refractivity contribution < 1.29 is 0 Å². The Bertz CT molecular complexity index is 365. The van der Waals surface area contributed by atoms with Crippen LogP contribution in [0.15, 0.2) is 6.07 Å². The van der Waals surface area contributed by atoms with Gasteiger partial charge >= 0.3 is 0 Å². The normalized spacial score (nSPS) is 13.2. The van der Waals surface area contributed by atoms with Crippen LogP contribution in [-0.4, -0.2) is 6.54 Å². The lowest BCUT2D eigenvalue weighted by Gasteiger charge is -2.27. The van der Waals surface area contributed by atoms with Crippen molar-refractivity contribution in [2.24, 2.45) is 5.92 Å². The average Bonchev–Trinajstić information content (AvgIpc) is 2.25. The van der Waals surface area contributed by atoms with Crippen molar-refractivity contribution in [3.05, 3.63) is 33.9 Å². The zero-order valence-electron chi connectivity index (χ0n) is 12.4. The second-order valence-electron chi connectivity index (χ2n) is 5.45. The maximum Gasteiger partial charge on any atom is 0.0348 e. The Morgan fingerprint density at radius 1 is 1.00 bits per heavy atom. The lowest BCUT2D eigenvalue weighted by Crippen LogP contribution is -2.27. The molecular formula is C16H27N. The average molecular weight is 233 g/mol. The van der Waals surface area contributed by atoms with Crippen molar-refractivity contribution in [3.63, 3.8) is 0 Å². The van der Waals surface area contributed by atoms with Gasteiger partial charge in [0, 0.05) is 6.04 Å². The smallest absolute Gasteiger partial charge is 0.0348 e. The first kappa shape index (κ1) is 14.2. The highest BCUT2D eigenvalue weighted by molar-refractivity contribution is 5.45. The highest BCUT2D eigenvalue weighted by atomic mass is 14.9. The Balaban J connectivity index is 3.36. The minimum Gasteiger partial charge on any atom is -0.310 e. The second-order valence-corrected chi connectivity index (χ2v) is 5.45. The van der Waals surface area contributed by atoms with Gasteiger partial charge in [-0.05, 0) is 68.0 Å². The van der Waals surface area contributed by atoms with Crippen LogP contribution < -0.4 is 5.32 Å². The molecule has 0 amide bonds. The van der Waals surface area contributed by atoms with Gasteiger partial charge in [-0.25, -0.2) is 0 Å². The quantitative estimate of drug-likeness (QED) is 0.820. The van der Waals surface area contributed by atoms with Crippen LogP contribution in [0.1, 0.15) is 54.6 Å². The maximum absolute atomic E-state index is 3.63. The fourth-order valence-corrected chi connectivity index (χ4v) is 2.60. The molecule has 0 aliphatic heterocycles. The number of nitrogens with one attached hydrogen (secondary N) is 1. The summed E-state index contributed by atoms with van der Waals surface area (Å²) in [6.45, 7) is 16.7. The molecule has 0 fully saturated rings. The predicted octanol–water partition coefficient (Wildman–Crippen LogP) is 4.23. The van der Waals surface area contributed by atoms with E-state index in [4.69, 9.17) is 0 Å². The standard InChI is InChI=1S/C16H27N/c1-8-17-16(10(2)3)15-13(6)11(4)9-12(5)14(15)7/h9-10,16-17H,8H2,1-7H3. The van der Waals surface area contributed by atoms with Gasteiger partial charge in [-0.2, -0.15) is 0 Å². The summed E-state index contributed by atoms with van der Waals surface area (Å²) in [6, 6.07) is 2.77. The van der Waals surface area contributed by atoms with Gasteiger partial charge in [0.1, 0.15) is 0 Å². The third-order valence-electron chi connectivity index (χ3n) is 3.83. The van der Waals surface area contributed by atoms with Gasteiger partial charge in [0.25, 0.3) is 0 Å². The first-order chi connectivity index (χ1) is 7.90. The second kappa shape index (κ2) is 5.68. The summed E-state index contributed by atoms with van der Waals surface area (Å²) < 4.78 is 0. The largest absolute Gasteiger partial charge is 0.310 e. The molecule has 1 N–H and O–H groups in total. The fourth-order valence-electron chi connectivity index (χ4n) is 2.60. The fraction of sp³-hybridized carbons (Fsp3) is 0.625. The molecule has 0 bridgehead atoms. The molecule has 17 heavy (non-hydrogen) atoms. The van der Waals surface area contributed by atoms with Gasteiger partial charge in [0.05, 0.1) is 0 Å². The van der Waals surface area contributed by atoms with Gasteiger partial charge in [0.15, 0.2) is 0 Å². The van der Waals surface area contributed by atoms with Crippen LogP contribution in [0.5, 0.6) is 0 Å². The summed E-state index contributed by atoms with van der Waals surface area (Å²) in [4.78, 5) is 0. The van der Waals surface area contributed by atoms with E-state index in [9.17, 15) is 0 Å². The summed E-state index contributed by atoms with van der Waals surface area (Å²) in [7, 11) is 0. The lowest BCUT2D eigenvalue weighted by atomic mass is 9.85. The van der Waals surface area contributed by atoms with Crippen molar-refractivity contribution in [2.45, 2.75) is 54.5 Å². The number of hydrogen-bond donors (Lipinski definition) is 1. The summed E-state index contributed by atoms with van der Waals surface area (Å²) in [5, 5.41) is 3.63. The minimum absolute atomic E-state index is 0.471. The van der Waals surface area contributed by atoms with E-state index in [0.29, 0.717) is 12.0 Å². The molecule has 1 heteroatoms. The summed E-state index contributed by atoms with van der Waals surface area (Å²) in [5.41, 5.74) is 7.23. The van der Waals surface area contributed by atoms with Crippen molar-refractivity contribution >= 4 is 0 Å². The number of rotatable bonds is 4. The molecule has 0 heterocycles. The molecule has 0 aromatic heterocycles. The van der Waals surface area contributed by atoms with Crippen molar-refractivity contribution in [1.29, 1.82) is 0 Å². The number of aryl methyl sites for hydroxylation is 2. The van der Waals surface area contributed by atoms with Crippen LogP contribution in [0.2, 0.25) is 0 Å². The Morgan fingerprint density at radius 3 is 1.82 bits per heavy atom. The maximum atomic E-state index is 3.63. The monoisotopic (exact) mass is 233 g/mol.